The molecule has 1 aliphatic rings. The second-order valence-corrected chi connectivity index (χ2v) is 8.75. The van der Waals surface area contributed by atoms with Crippen LogP contribution in [0.4, 0.5) is 8.78 Å². The Morgan fingerprint density at radius 3 is 2.57 bits per heavy atom. The molecule has 1 atom stereocenters. The molecule has 7 nitrogen and oxygen atoms in total. The lowest BCUT2D eigenvalue weighted by molar-refractivity contribution is 0.124. The minimum Gasteiger partial charge on any atom is -0.338 e. The summed E-state index contributed by atoms with van der Waals surface area (Å²) < 4.78 is 58.9. The van der Waals surface area contributed by atoms with E-state index in [9.17, 15) is 17.2 Å². The molecular weight excluding hydrogens is 390 g/mol. The molecule has 0 aliphatic carbocycles. The van der Waals surface area contributed by atoms with Crippen molar-refractivity contribution >= 4 is 10.0 Å². The molecule has 1 unspecified atom stereocenters. The number of hydrogen-bond donors (Lipinski definition) is 0. The van der Waals surface area contributed by atoms with Crippen molar-refractivity contribution in [1.29, 1.82) is 0 Å². The fourth-order valence-corrected chi connectivity index (χ4v) is 4.65. The van der Waals surface area contributed by atoms with E-state index < -0.39 is 26.6 Å². The predicted molar refractivity (Wildman–Crippen MR) is 98.0 cm³/mol. The van der Waals surface area contributed by atoms with E-state index in [2.05, 4.69) is 17.1 Å². The standard InChI is InChI=1S/C18H24F2N4O3S/c1-3-4-5-17-21-18(27-22-17)13(2)23-8-10-24(11-9-23)28(25,26)16-7-6-14(19)12-15(16)20/h6-7,12-13H,3-5,8-11H2,1-2H3. The summed E-state index contributed by atoms with van der Waals surface area (Å²) in [7, 11) is -4.02. The number of hydrogen-bond acceptors (Lipinski definition) is 6. The third-order valence-electron chi connectivity index (χ3n) is 4.93. The monoisotopic (exact) mass is 414 g/mol. The summed E-state index contributed by atoms with van der Waals surface area (Å²) in [5, 5.41) is 3.99. The number of aryl methyl sites for hydroxylation is 1. The van der Waals surface area contributed by atoms with E-state index in [0.29, 0.717) is 30.9 Å². The smallest absolute Gasteiger partial charge is 0.246 e. The Labute approximate surface area is 163 Å². The van der Waals surface area contributed by atoms with Crippen molar-refractivity contribution in [3.05, 3.63) is 41.5 Å². The van der Waals surface area contributed by atoms with Crippen molar-refractivity contribution in [2.45, 2.75) is 44.0 Å². The van der Waals surface area contributed by atoms with Gasteiger partial charge in [-0.3, -0.25) is 4.90 Å². The summed E-state index contributed by atoms with van der Waals surface area (Å²) >= 11 is 0. The van der Waals surface area contributed by atoms with Gasteiger partial charge in [0.1, 0.15) is 16.5 Å². The Morgan fingerprint density at radius 2 is 1.93 bits per heavy atom. The number of sulfonamides is 1. The van der Waals surface area contributed by atoms with Gasteiger partial charge in [0.05, 0.1) is 6.04 Å². The minimum atomic E-state index is -4.02. The van der Waals surface area contributed by atoms with Gasteiger partial charge in [-0.05, 0) is 25.5 Å². The van der Waals surface area contributed by atoms with Gasteiger partial charge < -0.3 is 4.52 Å². The summed E-state index contributed by atoms with van der Waals surface area (Å²) in [6.07, 6.45) is 2.80. The Morgan fingerprint density at radius 1 is 1.21 bits per heavy atom. The molecule has 1 saturated heterocycles. The molecule has 10 heteroatoms. The molecule has 2 heterocycles. The maximum atomic E-state index is 13.9. The van der Waals surface area contributed by atoms with Crippen LogP contribution in [0, 0.1) is 11.6 Å². The average molecular weight is 414 g/mol. The number of rotatable bonds is 7. The van der Waals surface area contributed by atoms with E-state index in [1.54, 1.807) is 0 Å². The van der Waals surface area contributed by atoms with Gasteiger partial charge in [-0.25, -0.2) is 17.2 Å². The normalized spacial score (nSPS) is 17.7. The average Bonchev–Trinajstić information content (AvgIpc) is 3.14. The van der Waals surface area contributed by atoms with Crippen LogP contribution in [0.25, 0.3) is 0 Å². The van der Waals surface area contributed by atoms with Crippen LogP contribution in [0.2, 0.25) is 0 Å². The number of benzene rings is 1. The fourth-order valence-electron chi connectivity index (χ4n) is 3.18. The first-order valence-corrected chi connectivity index (χ1v) is 10.8. The molecule has 3 rings (SSSR count). The van der Waals surface area contributed by atoms with Crippen molar-refractivity contribution in [1.82, 2.24) is 19.3 Å². The van der Waals surface area contributed by atoms with Gasteiger partial charge in [0.15, 0.2) is 5.82 Å². The fraction of sp³-hybridized carbons (Fsp3) is 0.556. The summed E-state index contributed by atoms with van der Waals surface area (Å²) in [6, 6.07) is 2.35. The number of halogens is 2. The topological polar surface area (TPSA) is 79.5 Å². The van der Waals surface area contributed by atoms with Crippen LogP contribution in [0.15, 0.2) is 27.6 Å². The highest BCUT2D eigenvalue weighted by Crippen LogP contribution is 2.25. The summed E-state index contributed by atoms with van der Waals surface area (Å²) in [5.41, 5.74) is 0. The molecule has 0 radical (unpaired) electrons. The highest BCUT2D eigenvalue weighted by Gasteiger charge is 2.33. The third kappa shape index (κ3) is 4.39. The highest BCUT2D eigenvalue weighted by atomic mass is 32.2. The van der Waals surface area contributed by atoms with Gasteiger partial charge in [-0.1, -0.05) is 18.5 Å². The maximum absolute atomic E-state index is 13.9. The molecule has 1 aromatic carbocycles. The van der Waals surface area contributed by atoms with Crippen LogP contribution >= 0.6 is 0 Å². The van der Waals surface area contributed by atoms with E-state index in [0.717, 1.165) is 31.4 Å². The molecule has 0 amide bonds. The predicted octanol–water partition coefficient (Wildman–Crippen LogP) is 2.76. The van der Waals surface area contributed by atoms with E-state index in [4.69, 9.17) is 4.52 Å². The zero-order valence-corrected chi connectivity index (χ0v) is 16.8. The molecule has 1 aliphatic heterocycles. The van der Waals surface area contributed by atoms with Crippen molar-refractivity contribution in [3.63, 3.8) is 0 Å². The Balaban J connectivity index is 1.64. The van der Waals surface area contributed by atoms with E-state index >= 15 is 0 Å². The Hall–Kier alpha value is -1.91. The SMILES string of the molecule is CCCCc1noc(C(C)N2CCN(S(=O)(=O)c3ccc(F)cc3F)CC2)n1. The highest BCUT2D eigenvalue weighted by molar-refractivity contribution is 7.89. The van der Waals surface area contributed by atoms with Gasteiger partial charge >= 0.3 is 0 Å². The molecule has 1 fully saturated rings. The molecule has 2 aromatic rings. The molecule has 0 bridgehead atoms. The van der Waals surface area contributed by atoms with Crippen LogP contribution in [0.5, 0.6) is 0 Å². The van der Waals surface area contributed by atoms with E-state index in [1.165, 1.54) is 4.31 Å². The lowest BCUT2D eigenvalue weighted by Crippen LogP contribution is -2.49. The van der Waals surface area contributed by atoms with Crippen molar-refractivity contribution in [2.24, 2.45) is 0 Å². The first kappa shape index (κ1) is 20.8. The summed E-state index contributed by atoms with van der Waals surface area (Å²) in [4.78, 5) is 5.96. The van der Waals surface area contributed by atoms with E-state index in [1.807, 2.05) is 11.8 Å². The number of unbranched alkanes of at least 4 members (excludes halogenated alkanes) is 1. The largest absolute Gasteiger partial charge is 0.338 e. The van der Waals surface area contributed by atoms with Crippen molar-refractivity contribution in [2.75, 3.05) is 26.2 Å². The third-order valence-corrected chi connectivity index (χ3v) is 6.86. The van der Waals surface area contributed by atoms with Crippen molar-refractivity contribution < 1.29 is 21.7 Å². The van der Waals surface area contributed by atoms with Crippen LogP contribution in [0.1, 0.15) is 44.4 Å². The minimum absolute atomic E-state index is 0.143. The zero-order valence-electron chi connectivity index (χ0n) is 15.9. The lowest BCUT2D eigenvalue weighted by atomic mass is 10.2. The Kier molecular flexibility index (Phi) is 6.41. The van der Waals surface area contributed by atoms with E-state index in [-0.39, 0.29) is 19.1 Å². The molecule has 1 aromatic heterocycles. The first-order chi connectivity index (χ1) is 13.3. The van der Waals surface area contributed by atoms with Crippen LogP contribution in [-0.2, 0) is 16.4 Å². The van der Waals surface area contributed by atoms with Gasteiger partial charge in [0.25, 0.3) is 0 Å². The second-order valence-electron chi connectivity index (χ2n) is 6.84. The second kappa shape index (κ2) is 8.62. The first-order valence-electron chi connectivity index (χ1n) is 9.34. The van der Waals surface area contributed by atoms with Gasteiger partial charge in [0.2, 0.25) is 15.9 Å². The summed E-state index contributed by atoms with van der Waals surface area (Å²) in [5.74, 6) is -0.710. The lowest BCUT2D eigenvalue weighted by Gasteiger charge is -2.36. The molecular formula is C18H24F2N4O3S. The van der Waals surface area contributed by atoms with Gasteiger partial charge in [-0.15, -0.1) is 0 Å². The molecule has 154 valence electrons. The van der Waals surface area contributed by atoms with Gasteiger partial charge in [0, 0.05) is 38.7 Å². The van der Waals surface area contributed by atoms with Gasteiger partial charge in [-0.2, -0.15) is 9.29 Å². The van der Waals surface area contributed by atoms with Crippen LogP contribution in [-0.4, -0.2) is 53.9 Å². The maximum Gasteiger partial charge on any atom is 0.246 e. The summed E-state index contributed by atoms with van der Waals surface area (Å²) in [6.45, 7) is 5.29. The molecule has 0 spiro atoms. The molecule has 28 heavy (non-hydrogen) atoms. The number of piperazine rings is 1. The van der Waals surface area contributed by atoms with Crippen molar-refractivity contribution in [3.8, 4) is 0 Å². The number of aromatic nitrogens is 2. The zero-order chi connectivity index (χ0) is 20.3. The van der Waals surface area contributed by atoms with Crippen LogP contribution < -0.4 is 0 Å². The Bertz CT molecular complexity index is 911. The number of nitrogens with zero attached hydrogens (tertiary/aromatic N) is 4. The quantitative estimate of drug-likeness (QED) is 0.693. The van der Waals surface area contributed by atoms with Crippen LogP contribution in [0.3, 0.4) is 0 Å². The molecule has 0 saturated carbocycles. The molecule has 0 N–H and O–H groups in total.